The molecule has 0 bridgehead atoms. The number of carbonyl (C=O) groups is 1. The molecular weight excluding hydrogens is 563 g/mol. The number of para-hydroxylation sites is 1. The summed E-state index contributed by atoms with van der Waals surface area (Å²) in [5.41, 5.74) is -3.13. The number of H-pyrrole nitrogens is 1. The molecule has 1 aromatic carbocycles. The Morgan fingerprint density at radius 3 is 2.55 bits per heavy atom. The van der Waals surface area contributed by atoms with Gasteiger partial charge in [0.15, 0.2) is 17.1 Å². The Kier molecular flexibility index (Phi) is 9.26. The first-order valence-corrected chi connectivity index (χ1v) is 13.6. The van der Waals surface area contributed by atoms with E-state index in [4.69, 9.17) is 49.4 Å². The van der Waals surface area contributed by atoms with Crippen LogP contribution in [0.1, 0.15) is 27.0 Å². The van der Waals surface area contributed by atoms with Crippen LogP contribution in [0.25, 0.3) is 0 Å². The van der Waals surface area contributed by atoms with Gasteiger partial charge in [0.2, 0.25) is 5.67 Å². The summed E-state index contributed by atoms with van der Waals surface area (Å²) in [6.07, 6.45) is 1.50. The highest BCUT2D eigenvalue weighted by molar-refractivity contribution is 7.72. The number of ether oxygens (including phenoxy) is 2. The van der Waals surface area contributed by atoms with Crippen LogP contribution in [-0.4, -0.2) is 57.0 Å². The van der Waals surface area contributed by atoms with Gasteiger partial charge in [-0.05, 0) is 51.2 Å². The van der Waals surface area contributed by atoms with Gasteiger partial charge in [-0.25, -0.2) is 13.3 Å². The number of nitrogens with one attached hydrogen (secondary N) is 2. The molecule has 1 fully saturated rings. The molecule has 2 heterocycles. The molecule has 3 N–H and O–H groups in total. The van der Waals surface area contributed by atoms with E-state index in [9.17, 15) is 14.5 Å². The first-order chi connectivity index (χ1) is 17.7. The van der Waals surface area contributed by atoms with E-state index in [0.717, 1.165) is 4.57 Å². The zero-order valence-corrected chi connectivity index (χ0v) is 23.0. The maximum atomic E-state index is 16.0. The zero-order valence-electron chi connectivity index (χ0n) is 20.5. The average Bonchev–Trinajstić information content (AvgIpc) is 3.05. The second kappa shape index (κ2) is 11.7. The minimum atomic E-state index is -4.58. The highest BCUT2D eigenvalue weighted by Crippen LogP contribution is 2.51. The first-order valence-electron chi connectivity index (χ1n) is 11.2. The average molecular weight is 590 g/mol. The van der Waals surface area contributed by atoms with Crippen LogP contribution in [0.5, 0.6) is 5.75 Å². The molecule has 1 aromatic heterocycles. The third kappa shape index (κ3) is 6.55. The molecule has 2 unspecified atom stereocenters. The molecule has 0 amide bonds. The molecule has 15 heteroatoms. The number of nitrogens with zero attached hydrogens (tertiary/aromatic N) is 1. The van der Waals surface area contributed by atoms with Crippen molar-refractivity contribution in [2.24, 2.45) is 0 Å². The van der Waals surface area contributed by atoms with Crippen molar-refractivity contribution in [2.75, 3.05) is 6.61 Å². The Balaban J connectivity index is 1.90. The van der Waals surface area contributed by atoms with Crippen LogP contribution in [0.2, 0.25) is 0 Å². The van der Waals surface area contributed by atoms with E-state index in [1.165, 1.54) is 31.3 Å². The number of hydrogen-bond donors (Lipinski definition) is 3. The Hall–Kier alpha value is -2.50. The van der Waals surface area contributed by atoms with Crippen molar-refractivity contribution in [3.8, 4) is 18.1 Å². The normalized spacial score (nSPS) is 27.3. The number of aliphatic hydroxyl groups excluding tert-OH is 1. The molecule has 0 radical (unpaired) electrons. The smallest absolute Gasteiger partial charge is 0.459 e. The topological polar surface area (TPSA) is 124 Å². The molecule has 0 spiro atoms. The van der Waals surface area contributed by atoms with E-state index in [0.29, 0.717) is 0 Å². The lowest BCUT2D eigenvalue weighted by molar-refractivity contribution is -0.203. The second-order valence-corrected chi connectivity index (χ2v) is 11.1. The quantitative estimate of drug-likeness (QED) is 0.160. The number of aromatic nitrogens is 2. The van der Waals surface area contributed by atoms with Crippen LogP contribution in [0.3, 0.4) is 0 Å². The van der Waals surface area contributed by atoms with Crippen LogP contribution in [0, 0.1) is 21.8 Å². The highest BCUT2D eigenvalue weighted by Gasteiger charge is 2.67. The monoisotopic (exact) mass is 589 g/mol. The Labute approximate surface area is 227 Å². The molecule has 2 aromatic rings. The molecular formula is C23H26F2N3O7PS2. The summed E-state index contributed by atoms with van der Waals surface area (Å²) >= 11 is 10.1. The second-order valence-electron chi connectivity index (χ2n) is 8.60. The fraction of sp³-hybridized carbons (Fsp3) is 0.435. The minimum absolute atomic E-state index is 0.0424. The SMILES string of the molecule is C#CC1(F)[C@@H](O)[C@@](F)(COP(=O)(N[C@@H](C)C(=O)OC(C)C)Oc2ccccc2)O[C@H]1n1ccc(=S)[nH]c1=S. The first kappa shape index (κ1) is 30.0. The van der Waals surface area contributed by atoms with Crippen LogP contribution in [0.4, 0.5) is 8.78 Å². The Morgan fingerprint density at radius 2 is 1.97 bits per heavy atom. The fourth-order valence-electron chi connectivity index (χ4n) is 3.43. The van der Waals surface area contributed by atoms with Crippen molar-refractivity contribution in [3.05, 3.63) is 52.0 Å². The number of rotatable bonds is 10. The molecule has 0 aliphatic carbocycles. The number of benzene rings is 1. The molecule has 1 saturated heterocycles. The lowest BCUT2D eigenvalue weighted by Gasteiger charge is -2.28. The van der Waals surface area contributed by atoms with Crippen molar-refractivity contribution < 1.29 is 41.8 Å². The van der Waals surface area contributed by atoms with Crippen molar-refractivity contribution >= 4 is 38.2 Å². The molecule has 0 saturated carbocycles. The minimum Gasteiger partial charge on any atom is -0.462 e. The van der Waals surface area contributed by atoms with Gasteiger partial charge in [-0.2, -0.15) is 5.09 Å². The number of hydrogen-bond acceptors (Lipinski definition) is 9. The summed E-state index contributed by atoms with van der Waals surface area (Å²) in [5.74, 6) is -2.36. The van der Waals surface area contributed by atoms with Crippen molar-refractivity contribution in [2.45, 2.75) is 56.8 Å². The Bertz CT molecular complexity index is 1370. The highest BCUT2D eigenvalue weighted by atomic mass is 32.1. The third-order valence-corrected chi connectivity index (χ3v) is 7.43. The van der Waals surface area contributed by atoms with Gasteiger partial charge < -0.3 is 24.1 Å². The van der Waals surface area contributed by atoms with Crippen molar-refractivity contribution in [1.29, 1.82) is 0 Å². The standard InChI is InChI=1S/C23H26F2N3O7PS2/c1-5-22(24)19(30)23(25,34-20(22)28-12-11-17(37)26-21(28)38)13-32-36(31,35-16-9-7-6-8-10-16)27-15(4)18(29)33-14(2)3/h1,6-12,14-15,19-20,30H,13H2,2-4H3,(H,27,31)(H,26,37,38)/t15-,19+,20+,22?,23+,36?/m0/s1. The molecule has 1 aliphatic rings. The van der Waals surface area contributed by atoms with E-state index in [2.05, 4.69) is 10.1 Å². The number of carbonyl (C=O) groups excluding carboxylic acids is 1. The maximum Gasteiger partial charge on any atom is 0.459 e. The van der Waals surface area contributed by atoms with Crippen molar-refractivity contribution in [3.63, 3.8) is 0 Å². The van der Waals surface area contributed by atoms with Gasteiger partial charge in [-0.3, -0.25) is 13.9 Å². The van der Waals surface area contributed by atoms with Gasteiger partial charge in [-0.1, -0.05) is 36.3 Å². The van der Waals surface area contributed by atoms with E-state index in [1.807, 2.05) is 0 Å². The van der Waals surface area contributed by atoms with E-state index >= 15 is 8.78 Å². The van der Waals surface area contributed by atoms with Gasteiger partial charge in [0.25, 0.3) is 5.85 Å². The molecule has 10 nitrogen and oxygen atoms in total. The Morgan fingerprint density at radius 1 is 1.32 bits per heavy atom. The number of alkyl halides is 2. The van der Waals surface area contributed by atoms with E-state index in [1.54, 1.807) is 38.0 Å². The molecule has 3 rings (SSSR count). The predicted octanol–water partition coefficient (Wildman–Crippen LogP) is 4.31. The number of esters is 1. The zero-order chi connectivity index (χ0) is 28.3. The predicted molar refractivity (Wildman–Crippen MR) is 138 cm³/mol. The lowest BCUT2D eigenvalue weighted by Crippen LogP contribution is -2.48. The van der Waals surface area contributed by atoms with Gasteiger partial charge in [-0.15, -0.1) is 6.42 Å². The van der Waals surface area contributed by atoms with Gasteiger partial charge in [0, 0.05) is 6.20 Å². The van der Waals surface area contributed by atoms with Crippen LogP contribution in [-0.2, 0) is 23.4 Å². The number of aliphatic hydroxyl groups is 1. The number of aromatic amines is 1. The van der Waals surface area contributed by atoms with Gasteiger partial charge >= 0.3 is 13.7 Å². The van der Waals surface area contributed by atoms with E-state index < -0.39 is 56.3 Å². The molecule has 206 valence electrons. The van der Waals surface area contributed by atoms with Crippen LogP contribution >= 0.6 is 32.2 Å². The lowest BCUT2D eigenvalue weighted by atomic mass is 9.96. The van der Waals surface area contributed by atoms with Gasteiger partial charge in [0.05, 0.1) is 6.10 Å². The van der Waals surface area contributed by atoms with E-state index in [-0.39, 0.29) is 15.2 Å². The van der Waals surface area contributed by atoms with Crippen molar-refractivity contribution in [1.82, 2.24) is 14.6 Å². The van der Waals surface area contributed by atoms with Crippen LogP contribution < -0.4 is 9.61 Å². The summed E-state index contributed by atoms with van der Waals surface area (Å²) in [6.45, 7) is 3.23. The maximum absolute atomic E-state index is 16.0. The summed E-state index contributed by atoms with van der Waals surface area (Å²) in [5, 5.41) is 13.0. The number of terminal acetylenes is 1. The molecule has 1 aliphatic heterocycles. The van der Waals surface area contributed by atoms with Crippen LogP contribution in [0.15, 0.2) is 42.6 Å². The molecule has 6 atom stereocenters. The summed E-state index contributed by atoms with van der Waals surface area (Å²) in [7, 11) is -4.58. The largest absolute Gasteiger partial charge is 0.462 e. The third-order valence-electron chi connectivity index (χ3n) is 5.26. The molecule has 38 heavy (non-hydrogen) atoms. The van der Waals surface area contributed by atoms with Gasteiger partial charge in [0.1, 0.15) is 23.0 Å². The fourth-order valence-corrected chi connectivity index (χ4v) is 5.42. The summed E-state index contributed by atoms with van der Waals surface area (Å²) in [4.78, 5) is 14.9. The summed E-state index contributed by atoms with van der Waals surface area (Å²) < 4.78 is 67.3. The number of halogens is 2. The summed E-state index contributed by atoms with van der Waals surface area (Å²) in [6, 6.07) is 7.76.